The van der Waals surface area contributed by atoms with Crippen molar-refractivity contribution in [2.75, 3.05) is 30.4 Å². The Hall–Kier alpha value is -3.36. The van der Waals surface area contributed by atoms with Gasteiger partial charge in [0.2, 0.25) is 0 Å². The average molecular weight is 455 g/mol. The van der Waals surface area contributed by atoms with Crippen LogP contribution >= 0.6 is 0 Å². The molecular formula is C24H26N2O5S. The Morgan fingerprint density at radius 1 is 0.906 bits per heavy atom. The molecule has 0 aliphatic heterocycles. The number of benzene rings is 3. The van der Waals surface area contributed by atoms with Gasteiger partial charge >= 0.3 is 0 Å². The van der Waals surface area contributed by atoms with Crippen molar-refractivity contribution in [3.8, 4) is 5.75 Å². The van der Waals surface area contributed by atoms with E-state index in [0.717, 1.165) is 5.56 Å². The van der Waals surface area contributed by atoms with Gasteiger partial charge in [-0.25, -0.2) is 8.42 Å². The number of ether oxygens (including phenoxy) is 2. The van der Waals surface area contributed by atoms with E-state index in [9.17, 15) is 13.2 Å². The van der Waals surface area contributed by atoms with Gasteiger partial charge in [0.15, 0.2) is 0 Å². The first-order chi connectivity index (χ1) is 15.3. The predicted octanol–water partition coefficient (Wildman–Crippen LogP) is 4.38. The molecule has 3 aromatic rings. The third-order valence-corrected chi connectivity index (χ3v) is 6.20. The van der Waals surface area contributed by atoms with Crippen molar-refractivity contribution in [1.82, 2.24) is 0 Å². The fraction of sp³-hybridized carbons (Fsp3) is 0.208. The third-order valence-electron chi connectivity index (χ3n) is 4.68. The highest BCUT2D eigenvalue weighted by Crippen LogP contribution is 2.22. The van der Waals surface area contributed by atoms with E-state index in [2.05, 4.69) is 10.0 Å². The third kappa shape index (κ3) is 6.09. The minimum atomic E-state index is -3.79. The van der Waals surface area contributed by atoms with E-state index < -0.39 is 10.0 Å². The molecule has 0 saturated heterocycles. The summed E-state index contributed by atoms with van der Waals surface area (Å²) in [5, 5.41) is 2.79. The van der Waals surface area contributed by atoms with Crippen LogP contribution in [-0.2, 0) is 14.8 Å². The van der Waals surface area contributed by atoms with E-state index in [1.807, 2.05) is 13.0 Å². The lowest BCUT2D eigenvalue weighted by molar-refractivity contribution is 0.102. The van der Waals surface area contributed by atoms with Gasteiger partial charge in [-0.05, 0) is 73.5 Å². The molecule has 3 rings (SSSR count). The van der Waals surface area contributed by atoms with Crippen LogP contribution in [0.5, 0.6) is 5.75 Å². The minimum Gasteiger partial charge on any atom is -0.491 e. The zero-order valence-corrected chi connectivity index (χ0v) is 19.0. The Kier molecular flexibility index (Phi) is 7.50. The Morgan fingerprint density at radius 2 is 1.66 bits per heavy atom. The second kappa shape index (κ2) is 10.3. The number of amides is 1. The Labute approximate surface area is 188 Å². The zero-order chi connectivity index (χ0) is 23.1. The lowest BCUT2D eigenvalue weighted by Gasteiger charge is -2.12. The van der Waals surface area contributed by atoms with Crippen LogP contribution < -0.4 is 14.8 Å². The molecule has 8 heteroatoms. The standard InChI is InChI=1S/C24H26N2O5S/c1-17-7-8-18(2)23(15-17)32(28,29)26-21-6-4-5-19(16-21)24(27)25-20-9-11-22(12-10-20)31-14-13-30-3/h4-12,15-16,26H,13-14H2,1-3H3,(H,25,27). The van der Waals surface area contributed by atoms with E-state index in [1.54, 1.807) is 68.6 Å². The molecule has 0 atom stereocenters. The van der Waals surface area contributed by atoms with Crippen LogP contribution in [0.1, 0.15) is 21.5 Å². The first-order valence-electron chi connectivity index (χ1n) is 10.0. The molecule has 0 fully saturated rings. The SMILES string of the molecule is COCCOc1ccc(NC(=O)c2cccc(NS(=O)(=O)c3cc(C)ccc3C)c2)cc1. The summed E-state index contributed by atoms with van der Waals surface area (Å²) < 4.78 is 38.7. The van der Waals surface area contributed by atoms with E-state index >= 15 is 0 Å². The van der Waals surface area contributed by atoms with Crippen molar-refractivity contribution in [2.45, 2.75) is 18.7 Å². The Bertz CT molecular complexity index is 1190. The van der Waals surface area contributed by atoms with Gasteiger partial charge in [0.05, 0.1) is 11.5 Å². The highest BCUT2D eigenvalue weighted by atomic mass is 32.2. The topological polar surface area (TPSA) is 93.7 Å². The number of aryl methyl sites for hydroxylation is 2. The number of rotatable bonds is 9. The van der Waals surface area contributed by atoms with Crippen LogP contribution in [0.15, 0.2) is 71.6 Å². The maximum atomic E-state index is 12.8. The van der Waals surface area contributed by atoms with Crippen LogP contribution in [0.2, 0.25) is 0 Å². The average Bonchev–Trinajstić information content (AvgIpc) is 2.76. The number of nitrogens with one attached hydrogen (secondary N) is 2. The number of sulfonamides is 1. The second-order valence-corrected chi connectivity index (χ2v) is 8.93. The highest BCUT2D eigenvalue weighted by Gasteiger charge is 2.18. The summed E-state index contributed by atoms with van der Waals surface area (Å²) in [7, 11) is -2.18. The molecule has 168 valence electrons. The maximum Gasteiger partial charge on any atom is 0.262 e. The van der Waals surface area contributed by atoms with Crippen molar-refractivity contribution < 1.29 is 22.7 Å². The molecule has 1 amide bonds. The lowest BCUT2D eigenvalue weighted by Crippen LogP contribution is -2.16. The van der Waals surface area contributed by atoms with Gasteiger partial charge in [-0.15, -0.1) is 0 Å². The largest absolute Gasteiger partial charge is 0.491 e. The number of hydrogen-bond acceptors (Lipinski definition) is 5. The van der Waals surface area contributed by atoms with E-state index in [1.165, 1.54) is 6.07 Å². The normalized spacial score (nSPS) is 11.1. The van der Waals surface area contributed by atoms with Crippen molar-refractivity contribution in [2.24, 2.45) is 0 Å². The van der Waals surface area contributed by atoms with Crippen molar-refractivity contribution >= 4 is 27.3 Å². The number of carbonyl (C=O) groups excluding carboxylic acids is 1. The van der Waals surface area contributed by atoms with Crippen LogP contribution in [-0.4, -0.2) is 34.6 Å². The summed E-state index contributed by atoms with van der Waals surface area (Å²) in [5.74, 6) is 0.314. The first-order valence-corrected chi connectivity index (χ1v) is 11.5. The highest BCUT2D eigenvalue weighted by molar-refractivity contribution is 7.92. The summed E-state index contributed by atoms with van der Waals surface area (Å²) in [6.45, 7) is 4.50. The predicted molar refractivity (Wildman–Crippen MR) is 125 cm³/mol. The van der Waals surface area contributed by atoms with E-state index in [-0.39, 0.29) is 10.8 Å². The second-order valence-electron chi connectivity index (χ2n) is 7.28. The molecule has 0 aliphatic rings. The molecule has 3 aromatic carbocycles. The van der Waals surface area contributed by atoms with Gasteiger partial charge in [0, 0.05) is 24.0 Å². The molecule has 0 unspecified atom stereocenters. The summed E-state index contributed by atoms with van der Waals surface area (Å²) in [6.07, 6.45) is 0. The summed E-state index contributed by atoms with van der Waals surface area (Å²) >= 11 is 0. The van der Waals surface area contributed by atoms with Crippen molar-refractivity contribution in [3.05, 3.63) is 83.4 Å². The van der Waals surface area contributed by atoms with E-state index in [4.69, 9.17) is 9.47 Å². The van der Waals surface area contributed by atoms with Gasteiger partial charge in [-0.1, -0.05) is 18.2 Å². The monoisotopic (exact) mass is 454 g/mol. The number of carbonyl (C=O) groups is 1. The molecule has 32 heavy (non-hydrogen) atoms. The smallest absolute Gasteiger partial charge is 0.262 e. The van der Waals surface area contributed by atoms with Crippen molar-refractivity contribution in [3.63, 3.8) is 0 Å². The molecule has 7 nitrogen and oxygen atoms in total. The van der Waals surface area contributed by atoms with Crippen LogP contribution in [0, 0.1) is 13.8 Å². The Balaban J connectivity index is 1.70. The molecule has 0 saturated carbocycles. The number of methoxy groups -OCH3 is 1. The molecule has 0 heterocycles. The molecule has 0 aliphatic carbocycles. The Morgan fingerprint density at radius 3 is 2.38 bits per heavy atom. The van der Waals surface area contributed by atoms with E-state index in [0.29, 0.717) is 41.5 Å². The van der Waals surface area contributed by atoms with Gasteiger partial charge < -0.3 is 14.8 Å². The summed E-state index contributed by atoms with van der Waals surface area (Å²) in [6, 6.07) is 18.6. The fourth-order valence-electron chi connectivity index (χ4n) is 3.01. The fourth-order valence-corrected chi connectivity index (χ4v) is 4.39. The molecular weight excluding hydrogens is 428 g/mol. The first kappa shape index (κ1) is 23.3. The van der Waals surface area contributed by atoms with Gasteiger partial charge in [0.1, 0.15) is 12.4 Å². The minimum absolute atomic E-state index is 0.208. The molecule has 2 N–H and O–H groups in total. The lowest BCUT2D eigenvalue weighted by atomic mass is 10.2. The van der Waals surface area contributed by atoms with Crippen molar-refractivity contribution in [1.29, 1.82) is 0 Å². The van der Waals surface area contributed by atoms with Crippen LogP contribution in [0.4, 0.5) is 11.4 Å². The quantitative estimate of drug-likeness (QED) is 0.468. The molecule has 0 spiro atoms. The summed E-state index contributed by atoms with van der Waals surface area (Å²) in [4.78, 5) is 12.9. The molecule has 0 aromatic heterocycles. The number of anilines is 2. The maximum absolute atomic E-state index is 12.8. The van der Waals surface area contributed by atoms with Crippen LogP contribution in [0.3, 0.4) is 0 Å². The molecule has 0 bridgehead atoms. The van der Waals surface area contributed by atoms with Gasteiger partial charge in [-0.3, -0.25) is 9.52 Å². The van der Waals surface area contributed by atoms with Crippen LogP contribution in [0.25, 0.3) is 0 Å². The van der Waals surface area contributed by atoms with Gasteiger partial charge in [0.25, 0.3) is 15.9 Å². The molecule has 0 radical (unpaired) electrons. The number of hydrogen-bond donors (Lipinski definition) is 2. The summed E-state index contributed by atoms with van der Waals surface area (Å²) in [5.41, 5.74) is 2.72. The zero-order valence-electron chi connectivity index (χ0n) is 18.2. The van der Waals surface area contributed by atoms with Gasteiger partial charge in [-0.2, -0.15) is 0 Å².